The molecule has 0 aliphatic heterocycles. The highest BCUT2D eigenvalue weighted by Crippen LogP contribution is 1.83. The van der Waals surface area contributed by atoms with Crippen molar-refractivity contribution in [2.75, 3.05) is 6.54 Å². The van der Waals surface area contributed by atoms with Crippen LogP contribution < -0.4 is 22.3 Å². The lowest BCUT2D eigenvalue weighted by Gasteiger charge is -2.11. The van der Waals surface area contributed by atoms with Crippen LogP contribution in [0.5, 0.6) is 0 Å². The monoisotopic (exact) mass is 254 g/mol. The van der Waals surface area contributed by atoms with E-state index in [-0.39, 0.29) is 31.6 Å². The summed E-state index contributed by atoms with van der Waals surface area (Å²) in [4.78, 5) is 34.9. The summed E-state index contributed by atoms with van der Waals surface area (Å²) in [5.74, 6) is -0.273. The Labute approximate surface area is 104 Å². The van der Waals surface area contributed by atoms with Gasteiger partial charge < -0.3 is 11.1 Å². The van der Waals surface area contributed by atoms with Gasteiger partial charge in [-0.3, -0.25) is 18.7 Å². The zero-order chi connectivity index (χ0) is 13.7. The molecular weight excluding hydrogens is 236 g/mol. The van der Waals surface area contributed by atoms with E-state index in [1.165, 1.54) is 16.8 Å². The van der Waals surface area contributed by atoms with Crippen LogP contribution in [0.25, 0.3) is 0 Å². The molecule has 0 fully saturated rings. The highest BCUT2D eigenvalue weighted by molar-refractivity contribution is 5.75. The Balaban J connectivity index is 2.98. The molecule has 18 heavy (non-hydrogen) atoms. The molecule has 1 aromatic heterocycles. The van der Waals surface area contributed by atoms with Crippen LogP contribution >= 0.6 is 0 Å². The maximum atomic E-state index is 11.9. The van der Waals surface area contributed by atoms with Gasteiger partial charge >= 0.3 is 5.69 Å². The fraction of sp³-hybridized carbons (Fsp3) is 0.545. The Kier molecular flexibility index (Phi) is 4.85. The topological polar surface area (TPSA) is 99.1 Å². The second-order valence-corrected chi connectivity index (χ2v) is 4.23. The van der Waals surface area contributed by atoms with Gasteiger partial charge in [-0.25, -0.2) is 4.79 Å². The molecule has 0 unspecified atom stereocenters. The molecule has 0 aliphatic carbocycles. The third kappa shape index (κ3) is 3.56. The molecule has 0 aliphatic rings. The molecule has 7 nitrogen and oxygen atoms in total. The minimum absolute atomic E-state index is 0.00292. The predicted molar refractivity (Wildman–Crippen MR) is 67.3 cm³/mol. The first-order valence-electron chi connectivity index (χ1n) is 5.75. The van der Waals surface area contributed by atoms with Crippen molar-refractivity contribution in [2.24, 2.45) is 5.73 Å². The van der Waals surface area contributed by atoms with Crippen LogP contribution in [-0.2, 0) is 17.9 Å². The smallest absolute Gasteiger partial charge is 0.331 e. The molecule has 0 saturated heterocycles. The van der Waals surface area contributed by atoms with Gasteiger partial charge in [0.1, 0.15) is 6.54 Å². The number of hydrogen-bond donors (Lipinski definition) is 2. The van der Waals surface area contributed by atoms with Crippen molar-refractivity contribution in [3.8, 4) is 0 Å². The molecule has 7 heteroatoms. The van der Waals surface area contributed by atoms with E-state index in [9.17, 15) is 14.4 Å². The van der Waals surface area contributed by atoms with Crippen LogP contribution in [0.1, 0.15) is 13.8 Å². The highest BCUT2D eigenvalue weighted by Gasteiger charge is 2.08. The average Bonchev–Trinajstić information content (AvgIpc) is 2.27. The number of nitrogens with two attached hydrogens (primary N) is 1. The average molecular weight is 254 g/mol. The minimum Gasteiger partial charge on any atom is -0.352 e. The maximum absolute atomic E-state index is 11.9. The van der Waals surface area contributed by atoms with Crippen LogP contribution in [-0.4, -0.2) is 27.6 Å². The van der Waals surface area contributed by atoms with Crippen LogP contribution in [0, 0.1) is 0 Å². The molecule has 0 spiro atoms. The second kappa shape index (κ2) is 6.15. The summed E-state index contributed by atoms with van der Waals surface area (Å²) >= 11 is 0. The molecule has 0 aromatic carbocycles. The maximum Gasteiger partial charge on any atom is 0.331 e. The van der Waals surface area contributed by atoms with Crippen LogP contribution in [0.15, 0.2) is 21.9 Å². The van der Waals surface area contributed by atoms with Crippen LogP contribution in [0.3, 0.4) is 0 Å². The SMILES string of the molecule is CC(C)NC(=O)Cn1ccc(=O)n(CCN)c1=O. The van der Waals surface area contributed by atoms with Gasteiger partial charge in [0, 0.05) is 31.4 Å². The molecule has 3 N–H and O–H groups in total. The first-order chi connectivity index (χ1) is 8.45. The van der Waals surface area contributed by atoms with Crippen molar-refractivity contribution in [1.29, 1.82) is 0 Å². The largest absolute Gasteiger partial charge is 0.352 e. The van der Waals surface area contributed by atoms with Gasteiger partial charge in [0.05, 0.1) is 0 Å². The normalized spacial score (nSPS) is 10.7. The fourth-order valence-electron chi connectivity index (χ4n) is 1.53. The number of hydrogen-bond acceptors (Lipinski definition) is 4. The summed E-state index contributed by atoms with van der Waals surface area (Å²) in [7, 11) is 0. The zero-order valence-corrected chi connectivity index (χ0v) is 10.5. The van der Waals surface area contributed by atoms with E-state index in [0.717, 1.165) is 4.57 Å². The fourth-order valence-corrected chi connectivity index (χ4v) is 1.53. The lowest BCUT2D eigenvalue weighted by atomic mass is 10.4. The lowest BCUT2D eigenvalue weighted by molar-refractivity contribution is -0.122. The number of aromatic nitrogens is 2. The molecular formula is C11H18N4O3. The van der Waals surface area contributed by atoms with E-state index >= 15 is 0 Å². The van der Waals surface area contributed by atoms with E-state index in [1.54, 1.807) is 0 Å². The van der Waals surface area contributed by atoms with E-state index in [2.05, 4.69) is 5.32 Å². The molecule has 0 saturated carbocycles. The van der Waals surface area contributed by atoms with Crippen molar-refractivity contribution >= 4 is 5.91 Å². The first-order valence-corrected chi connectivity index (χ1v) is 5.75. The van der Waals surface area contributed by atoms with Crippen LogP contribution in [0.4, 0.5) is 0 Å². The molecule has 1 rings (SSSR count). The van der Waals surface area contributed by atoms with Gasteiger partial charge in [-0.2, -0.15) is 0 Å². The van der Waals surface area contributed by atoms with Crippen molar-refractivity contribution in [1.82, 2.24) is 14.5 Å². The van der Waals surface area contributed by atoms with Crippen molar-refractivity contribution < 1.29 is 4.79 Å². The summed E-state index contributed by atoms with van der Waals surface area (Å²) < 4.78 is 2.21. The summed E-state index contributed by atoms with van der Waals surface area (Å²) in [5.41, 5.74) is 4.40. The summed E-state index contributed by atoms with van der Waals surface area (Å²) in [6.07, 6.45) is 1.32. The van der Waals surface area contributed by atoms with Gasteiger partial charge in [-0.1, -0.05) is 0 Å². The number of carbonyl (C=O) groups excluding carboxylic acids is 1. The number of rotatable bonds is 5. The molecule has 1 heterocycles. The minimum atomic E-state index is -0.521. The van der Waals surface area contributed by atoms with E-state index in [0.29, 0.717) is 0 Å². The highest BCUT2D eigenvalue weighted by atomic mass is 16.2. The quantitative estimate of drug-likeness (QED) is 0.667. The predicted octanol–water partition coefficient (Wildman–Crippen LogP) is -1.51. The number of nitrogens with one attached hydrogen (secondary N) is 1. The Hall–Kier alpha value is -1.89. The number of nitrogens with zero attached hydrogens (tertiary/aromatic N) is 2. The van der Waals surface area contributed by atoms with Crippen molar-refractivity contribution in [3.05, 3.63) is 33.1 Å². The lowest BCUT2D eigenvalue weighted by Crippen LogP contribution is -2.43. The Morgan fingerprint density at radius 3 is 2.67 bits per heavy atom. The third-order valence-electron chi connectivity index (χ3n) is 2.26. The van der Waals surface area contributed by atoms with Crippen LogP contribution in [0.2, 0.25) is 0 Å². The van der Waals surface area contributed by atoms with Gasteiger partial charge in [0.25, 0.3) is 5.56 Å². The van der Waals surface area contributed by atoms with Crippen molar-refractivity contribution in [3.63, 3.8) is 0 Å². The summed E-state index contributed by atoms with van der Waals surface area (Å²) in [6, 6.07) is 1.25. The molecule has 1 aromatic rings. The van der Waals surface area contributed by atoms with E-state index < -0.39 is 11.2 Å². The Morgan fingerprint density at radius 2 is 2.11 bits per heavy atom. The molecule has 100 valence electrons. The Bertz CT molecular complexity index is 530. The molecule has 0 atom stereocenters. The first kappa shape index (κ1) is 14.2. The number of amides is 1. The summed E-state index contributed by atoms with van der Waals surface area (Å²) in [5, 5.41) is 2.67. The van der Waals surface area contributed by atoms with Gasteiger partial charge in [-0.05, 0) is 13.8 Å². The zero-order valence-electron chi connectivity index (χ0n) is 10.5. The van der Waals surface area contributed by atoms with E-state index in [1.807, 2.05) is 13.8 Å². The van der Waals surface area contributed by atoms with E-state index in [4.69, 9.17) is 5.73 Å². The van der Waals surface area contributed by atoms with Gasteiger partial charge in [0.2, 0.25) is 5.91 Å². The Morgan fingerprint density at radius 1 is 1.44 bits per heavy atom. The summed E-state index contributed by atoms with van der Waals surface area (Å²) in [6.45, 7) is 3.88. The molecule has 0 bridgehead atoms. The van der Waals surface area contributed by atoms with Gasteiger partial charge in [0.15, 0.2) is 0 Å². The second-order valence-electron chi connectivity index (χ2n) is 4.23. The van der Waals surface area contributed by atoms with Crippen molar-refractivity contribution in [2.45, 2.75) is 33.0 Å². The standard InChI is InChI=1S/C11H18N4O3/c1-8(2)13-9(16)7-14-5-3-10(17)15(6-4-12)11(14)18/h3,5,8H,4,6-7,12H2,1-2H3,(H,13,16). The molecule has 1 amide bonds. The number of carbonyl (C=O) groups is 1. The molecule has 0 radical (unpaired) electrons. The van der Waals surface area contributed by atoms with Gasteiger partial charge in [-0.15, -0.1) is 0 Å². The third-order valence-corrected chi connectivity index (χ3v) is 2.26.